The van der Waals surface area contributed by atoms with Crippen molar-refractivity contribution in [2.45, 2.75) is 0 Å². The Morgan fingerprint density at radius 3 is 2.19 bits per heavy atom. The molecule has 0 bridgehead atoms. The zero-order valence-corrected chi connectivity index (χ0v) is 16.6. The van der Waals surface area contributed by atoms with Gasteiger partial charge in [0.2, 0.25) is 0 Å². The van der Waals surface area contributed by atoms with E-state index in [4.69, 9.17) is 39.5 Å². The van der Waals surface area contributed by atoms with Gasteiger partial charge in [0.05, 0.1) is 33.8 Å². The molecule has 3 rings (SSSR count). The summed E-state index contributed by atoms with van der Waals surface area (Å²) in [6, 6.07) is 3.24. The molecule has 1 saturated heterocycles. The average molecular weight is 431 g/mol. The second-order valence-electron chi connectivity index (χ2n) is 5.80. The molecule has 0 spiro atoms. The third-order valence-electron chi connectivity index (χ3n) is 3.90. The molecule has 2 aromatic rings. The molecule has 144 valence electrons. The largest absolute Gasteiger partial charge is 0.378 e. The maximum atomic E-state index is 12.4. The molecule has 3 heterocycles. The Labute approximate surface area is 172 Å². The summed E-state index contributed by atoms with van der Waals surface area (Å²) in [7, 11) is 0. The molecule has 10 heteroatoms. The minimum atomic E-state index is -0.0932. The van der Waals surface area contributed by atoms with E-state index in [1.807, 2.05) is 0 Å². The van der Waals surface area contributed by atoms with Crippen LogP contribution in [-0.2, 0) is 4.74 Å². The van der Waals surface area contributed by atoms with Crippen LogP contribution in [0.2, 0.25) is 15.1 Å². The van der Waals surface area contributed by atoms with E-state index < -0.39 is 0 Å². The first-order valence-corrected chi connectivity index (χ1v) is 9.49. The number of nitrogens with one attached hydrogen (secondary N) is 2. The summed E-state index contributed by atoms with van der Waals surface area (Å²) < 4.78 is 5.26. The Hall–Kier alpha value is -1.80. The van der Waals surface area contributed by atoms with Crippen LogP contribution in [0.3, 0.4) is 0 Å². The van der Waals surface area contributed by atoms with Crippen molar-refractivity contribution in [1.82, 2.24) is 14.9 Å². The molecule has 1 amide bonds. The molecule has 0 aliphatic carbocycles. The number of ether oxygens (including phenoxy) is 1. The van der Waals surface area contributed by atoms with E-state index in [9.17, 15) is 4.79 Å². The number of nitrogens with zero attached hydrogens (tertiary/aromatic N) is 3. The molecule has 0 radical (unpaired) electrons. The lowest BCUT2D eigenvalue weighted by atomic mass is 10.2. The second kappa shape index (κ2) is 9.41. The van der Waals surface area contributed by atoms with E-state index in [0.29, 0.717) is 71.7 Å². The van der Waals surface area contributed by atoms with Gasteiger partial charge in [0.15, 0.2) is 0 Å². The molecule has 0 saturated carbocycles. The van der Waals surface area contributed by atoms with E-state index in [0.717, 1.165) is 0 Å². The van der Waals surface area contributed by atoms with Gasteiger partial charge < -0.3 is 20.3 Å². The summed E-state index contributed by atoms with van der Waals surface area (Å²) in [6.07, 6.45) is 3.04. The van der Waals surface area contributed by atoms with Crippen molar-refractivity contribution in [1.29, 1.82) is 0 Å². The number of amides is 1. The Bertz CT molecular complexity index is 815. The maximum absolute atomic E-state index is 12.4. The summed E-state index contributed by atoms with van der Waals surface area (Å²) in [5.74, 6) is 0.963. The standard InChI is InChI=1S/C17H18Cl3N5O2/c18-12-8-14(20)16(24-10-12)22-2-1-21-15-13(19)7-11(9-23-15)17(26)25-3-5-27-6-4-25/h7-10H,1-6H2,(H,21,23)(H,22,24). The second-order valence-corrected chi connectivity index (χ2v) is 7.05. The lowest BCUT2D eigenvalue weighted by molar-refractivity contribution is 0.0302. The first-order valence-electron chi connectivity index (χ1n) is 8.36. The number of anilines is 2. The fourth-order valence-corrected chi connectivity index (χ4v) is 3.22. The predicted molar refractivity (Wildman–Crippen MR) is 107 cm³/mol. The van der Waals surface area contributed by atoms with Gasteiger partial charge in [-0.2, -0.15) is 0 Å². The van der Waals surface area contributed by atoms with Crippen molar-refractivity contribution in [2.24, 2.45) is 0 Å². The monoisotopic (exact) mass is 429 g/mol. The lowest BCUT2D eigenvalue weighted by Gasteiger charge is -2.26. The van der Waals surface area contributed by atoms with Crippen LogP contribution >= 0.6 is 34.8 Å². The van der Waals surface area contributed by atoms with Crippen molar-refractivity contribution in [3.63, 3.8) is 0 Å². The summed E-state index contributed by atoms with van der Waals surface area (Å²) in [6.45, 7) is 3.32. The van der Waals surface area contributed by atoms with Crippen LogP contribution in [0, 0.1) is 0 Å². The summed E-state index contributed by atoms with van der Waals surface area (Å²) >= 11 is 18.1. The number of halogens is 3. The van der Waals surface area contributed by atoms with E-state index in [2.05, 4.69) is 20.6 Å². The normalized spacial score (nSPS) is 14.1. The lowest BCUT2D eigenvalue weighted by Crippen LogP contribution is -2.40. The summed E-state index contributed by atoms with van der Waals surface area (Å²) in [5, 5.41) is 7.52. The van der Waals surface area contributed by atoms with Gasteiger partial charge in [-0.3, -0.25) is 4.79 Å². The Morgan fingerprint density at radius 2 is 1.59 bits per heavy atom. The summed E-state index contributed by atoms with van der Waals surface area (Å²) in [5.41, 5.74) is 0.461. The quantitative estimate of drug-likeness (QED) is 0.684. The van der Waals surface area contributed by atoms with Gasteiger partial charge in [0.25, 0.3) is 5.91 Å². The molecule has 27 heavy (non-hydrogen) atoms. The number of pyridine rings is 2. The topological polar surface area (TPSA) is 79.4 Å². The number of aromatic nitrogens is 2. The van der Waals surface area contributed by atoms with Crippen molar-refractivity contribution in [2.75, 3.05) is 50.0 Å². The molecular formula is C17H18Cl3N5O2. The van der Waals surface area contributed by atoms with E-state index in [1.165, 1.54) is 12.4 Å². The zero-order chi connectivity index (χ0) is 19.2. The van der Waals surface area contributed by atoms with Crippen LogP contribution < -0.4 is 10.6 Å². The molecule has 7 nitrogen and oxygen atoms in total. The number of hydrogen-bond acceptors (Lipinski definition) is 6. The van der Waals surface area contributed by atoms with Gasteiger partial charge >= 0.3 is 0 Å². The Kier molecular flexibility index (Phi) is 6.95. The fourth-order valence-electron chi connectivity index (χ4n) is 2.54. The molecular weight excluding hydrogens is 413 g/mol. The third-order valence-corrected chi connectivity index (χ3v) is 4.69. The molecule has 1 aliphatic rings. The molecule has 0 atom stereocenters. The molecule has 2 aromatic heterocycles. The zero-order valence-electron chi connectivity index (χ0n) is 14.3. The Morgan fingerprint density at radius 1 is 1.00 bits per heavy atom. The number of hydrogen-bond donors (Lipinski definition) is 2. The molecule has 0 aromatic carbocycles. The Balaban J connectivity index is 1.52. The van der Waals surface area contributed by atoms with Crippen LogP contribution in [-0.4, -0.2) is 60.2 Å². The van der Waals surface area contributed by atoms with E-state index >= 15 is 0 Å². The van der Waals surface area contributed by atoms with Crippen LogP contribution in [0.25, 0.3) is 0 Å². The summed E-state index contributed by atoms with van der Waals surface area (Å²) in [4.78, 5) is 22.6. The minimum absolute atomic E-state index is 0.0932. The average Bonchev–Trinajstić information content (AvgIpc) is 2.67. The molecule has 1 aliphatic heterocycles. The highest BCUT2D eigenvalue weighted by Crippen LogP contribution is 2.23. The number of rotatable bonds is 6. The SMILES string of the molecule is O=C(c1cnc(NCCNc2ncc(Cl)cc2Cl)c(Cl)c1)N1CCOCC1. The van der Waals surface area contributed by atoms with Crippen molar-refractivity contribution in [3.05, 3.63) is 45.2 Å². The van der Waals surface area contributed by atoms with E-state index in [1.54, 1.807) is 17.0 Å². The van der Waals surface area contributed by atoms with Gasteiger partial charge in [0.1, 0.15) is 11.6 Å². The van der Waals surface area contributed by atoms with Gasteiger partial charge in [-0.25, -0.2) is 9.97 Å². The maximum Gasteiger partial charge on any atom is 0.255 e. The minimum Gasteiger partial charge on any atom is -0.378 e. The highest BCUT2D eigenvalue weighted by molar-refractivity contribution is 6.36. The molecule has 1 fully saturated rings. The van der Waals surface area contributed by atoms with Crippen molar-refractivity contribution in [3.8, 4) is 0 Å². The van der Waals surface area contributed by atoms with Gasteiger partial charge in [-0.1, -0.05) is 34.8 Å². The van der Waals surface area contributed by atoms with Crippen LogP contribution in [0.4, 0.5) is 11.6 Å². The molecule has 0 unspecified atom stereocenters. The third kappa shape index (κ3) is 5.35. The first-order chi connectivity index (χ1) is 13.0. The van der Waals surface area contributed by atoms with Crippen LogP contribution in [0.5, 0.6) is 0 Å². The van der Waals surface area contributed by atoms with Crippen molar-refractivity contribution < 1.29 is 9.53 Å². The van der Waals surface area contributed by atoms with Gasteiger partial charge in [0, 0.05) is 38.6 Å². The highest BCUT2D eigenvalue weighted by atomic mass is 35.5. The predicted octanol–water partition coefficient (Wildman–Crippen LogP) is 3.43. The number of morpholine rings is 1. The highest BCUT2D eigenvalue weighted by Gasteiger charge is 2.19. The smallest absolute Gasteiger partial charge is 0.255 e. The molecule has 2 N–H and O–H groups in total. The van der Waals surface area contributed by atoms with Crippen molar-refractivity contribution >= 4 is 52.3 Å². The first kappa shape index (κ1) is 19.9. The number of carbonyl (C=O) groups is 1. The van der Waals surface area contributed by atoms with E-state index in [-0.39, 0.29) is 5.91 Å². The fraction of sp³-hybridized carbons (Fsp3) is 0.353. The number of carbonyl (C=O) groups excluding carboxylic acids is 1. The van der Waals surface area contributed by atoms with Gasteiger partial charge in [-0.15, -0.1) is 0 Å². The van der Waals surface area contributed by atoms with Crippen LogP contribution in [0.15, 0.2) is 24.5 Å². The van der Waals surface area contributed by atoms with Gasteiger partial charge in [-0.05, 0) is 12.1 Å². The van der Waals surface area contributed by atoms with Crippen LogP contribution in [0.1, 0.15) is 10.4 Å².